The van der Waals surface area contributed by atoms with E-state index in [1.807, 2.05) is 32.0 Å². The van der Waals surface area contributed by atoms with Crippen LogP contribution in [0.15, 0.2) is 36.4 Å². The third-order valence-corrected chi connectivity index (χ3v) is 4.24. The molecule has 2 aromatic carbocycles. The molecule has 0 fully saturated rings. The summed E-state index contributed by atoms with van der Waals surface area (Å²) in [5, 5.41) is 9.37. The Bertz CT molecular complexity index is 790. The van der Waals surface area contributed by atoms with Crippen LogP contribution in [0.4, 0.5) is 17.1 Å². The number of amides is 2. The number of carbonyl (C=O) groups is 2. The molecule has 0 aliphatic carbocycles. The number of hydrogen-bond acceptors (Lipinski definition) is 3. The summed E-state index contributed by atoms with van der Waals surface area (Å²) in [6.45, 7) is 5.68. The van der Waals surface area contributed by atoms with Crippen molar-refractivity contribution in [3.05, 3.63) is 52.5 Å². The van der Waals surface area contributed by atoms with Crippen molar-refractivity contribution in [2.24, 2.45) is 0 Å². The summed E-state index contributed by atoms with van der Waals surface area (Å²) >= 11 is 6.08. The van der Waals surface area contributed by atoms with Crippen LogP contribution in [-0.4, -0.2) is 18.4 Å². The Kier molecular flexibility index (Phi) is 6.42. The molecule has 132 valence electrons. The monoisotopic (exact) mass is 359 g/mol. The molecule has 0 spiro atoms. The van der Waals surface area contributed by atoms with E-state index in [1.54, 1.807) is 25.1 Å². The van der Waals surface area contributed by atoms with Crippen molar-refractivity contribution >= 4 is 40.5 Å². The zero-order valence-electron chi connectivity index (χ0n) is 14.6. The van der Waals surface area contributed by atoms with E-state index >= 15 is 0 Å². The first kappa shape index (κ1) is 18.8. The van der Waals surface area contributed by atoms with Crippen molar-refractivity contribution in [2.75, 3.05) is 22.5 Å². The Hall–Kier alpha value is -2.53. The predicted octanol–water partition coefficient (Wildman–Crippen LogP) is 4.36. The van der Waals surface area contributed by atoms with Gasteiger partial charge in [0.05, 0.1) is 6.54 Å². The molecule has 0 aliphatic heterocycles. The van der Waals surface area contributed by atoms with Crippen molar-refractivity contribution in [1.29, 1.82) is 0 Å². The number of halogens is 1. The lowest BCUT2D eigenvalue weighted by Gasteiger charge is -2.14. The lowest BCUT2D eigenvalue weighted by atomic mass is 10.1. The maximum absolute atomic E-state index is 12.2. The number of rotatable bonds is 6. The lowest BCUT2D eigenvalue weighted by molar-refractivity contribution is -0.116. The van der Waals surface area contributed by atoms with Crippen LogP contribution in [0.1, 0.15) is 24.5 Å². The van der Waals surface area contributed by atoms with Crippen molar-refractivity contribution < 1.29 is 9.59 Å². The van der Waals surface area contributed by atoms with Gasteiger partial charge in [0.25, 0.3) is 0 Å². The van der Waals surface area contributed by atoms with E-state index in [-0.39, 0.29) is 18.4 Å². The molecule has 2 amide bonds. The topological polar surface area (TPSA) is 70.2 Å². The summed E-state index contributed by atoms with van der Waals surface area (Å²) < 4.78 is 0. The fourth-order valence-electron chi connectivity index (χ4n) is 2.22. The van der Waals surface area contributed by atoms with Gasteiger partial charge in [-0.2, -0.15) is 0 Å². The minimum absolute atomic E-state index is 0.0653. The molecule has 0 unspecified atom stereocenters. The Labute approximate surface area is 152 Å². The van der Waals surface area contributed by atoms with Crippen molar-refractivity contribution in [1.82, 2.24) is 0 Å². The summed E-state index contributed by atoms with van der Waals surface area (Å²) in [6.07, 6.45) is 0.402. The number of aryl methyl sites for hydroxylation is 1. The van der Waals surface area contributed by atoms with Crippen molar-refractivity contribution in [3.63, 3.8) is 0 Å². The molecule has 0 bridgehead atoms. The van der Waals surface area contributed by atoms with Gasteiger partial charge in [0, 0.05) is 28.5 Å². The van der Waals surface area contributed by atoms with Crippen LogP contribution < -0.4 is 16.0 Å². The maximum atomic E-state index is 12.2. The first-order chi connectivity index (χ1) is 11.9. The summed E-state index contributed by atoms with van der Waals surface area (Å²) in [4.78, 5) is 23.7. The second-order valence-electron chi connectivity index (χ2n) is 5.75. The molecule has 0 saturated carbocycles. The quantitative estimate of drug-likeness (QED) is 0.717. The fraction of sp³-hybridized carbons (Fsp3) is 0.263. The Morgan fingerprint density at radius 1 is 1.00 bits per heavy atom. The molecule has 2 aromatic rings. The molecular weight excluding hydrogens is 338 g/mol. The largest absolute Gasteiger partial charge is 0.376 e. The average Bonchev–Trinajstić information content (AvgIpc) is 2.59. The van der Waals surface area contributed by atoms with Crippen LogP contribution in [0.3, 0.4) is 0 Å². The lowest BCUT2D eigenvalue weighted by Crippen LogP contribution is -2.22. The van der Waals surface area contributed by atoms with E-state index in [0.29, 0.717) is 22.8 Å². The fourth-order valence-corrected chi connectivity index (χ4v) is 2.41. The highest BCUT2D eigenvalue weighted by Gasteiger charge is 2.09. The van der Waals surface area contributed by atoms with Gasteiger partial charge < -0.3 is 16.0 Å². The Morgan fingerprint density at radius 2 is 1.64 bits per heavy atom. The van der Waals surface area contributed by atoms with Gasteiger partial charge in [0.2, 0.25) is 11.8 Å². The van der Waals surface area contributed by atoms with Crippen LogP contribution in [0.25, 0.3) is 0 Å². The van der Waals surface area contributed by atoms with Gasteiger partial charge in [0.1, 0.15) is 0 Å². The molecule has 0 saturated heterocycles. The first-order valence-electron chi connectivity index (χ1n) is 8.10. The molecule has 5 nitrogen and oxygen atoms in total. The van der Waals surface area contributed by atoms with Crippen molar-refractivity contribution in [3.8, 4) is 0 Å². The third kappa shape index (κ3) is 5.22. The predicted molar refractivity (Wildman–Crippen MR) is 103 cm³/mol. The Balaban J connectivity index is 1.99. The standard InChI is InChI=1S/C19H22ClN3O2/c1-4-18(24)22-16-6-5-7-17(13(16)3)23-19(25)11-21-14-9-8-12(2)15(20)10-14/h5-10,21H,4,11H2,1-3H3,(H,22,24)(H,23,25). The first-order valence-corrected chi connectivity index (χ1v) is 8.48. The second kappa shape index (κ2) is 8.53. The van der Waals surface area contributed by atoms with E-state index in [2.05, 4.69) is 16.0 Å². The van der Waals surface area contributed by atoms with Crippen LogP contribution >= 0.6 is 11.6 Å². The van der Waals surface area contributed by atoms with Crippen molar-refractivity contribution in [2.45, 2.75) is 27.2 Å². The molecule has 6 heteroatoms. The second-order valence-corrected chi connectivity index (χ2v) is 6.15. The molecule has 25 heavy (non-hydrogen) atoms. The summed E-state index contributed by atoms with van der Waals surface area (Å²) in [5.41, 5.74) is 3.95. The van der Waals surface area contributed by atoms with E-state index in [9.17, 15) is 9.59 Å². The molecule has 0 aliphatic rings. The smallest absolute Gasteiger partial charge is 0.243 e. The zero-order chi connectivity index (χ0) is 18.4. The molecule has 0 heterocycles. The number of anilines is 3. The number of benzene rings is 2. The van der Waals surface area contributed by atoms with Crippen LogP contribution in [0, 0.1) is 13.8 Å². The number of nitrogens with one attached hydrogen (secondary N) is 3. The van der Waals surface area contributed by atoms with E-state index in [1.165, 1.54) is 0 Å². The van der Waals surface area contributed by atoms with E-state index < -0.39 is 0 Å². The van der Waals surface area contributed by atoms with Crippen LogP contribution in [-0.2, 0) is 9.59 Å². The SMILES string of the molecule is CCC(=O)Nc1cccc(NC(=O)CNc2ccc(C)c(Cl)c2)c1C. The highest BCUT2D eigenvalue weighted by atomic mass is 35.5. The van der Waals surface area contributed by atoms with Gasteiger partial charge in [-0.25, -0.2) is 0 Å². The zero-order valence-corrected chi connectivity index (χ0v) is 15.3. The van der Waals surface area contributed by atoms with Gasteiger partial charge in [-0.1, -0.05) is 30.7 Å². The average molecular weight is 360 g/mol. The molecule has 0 aromatic heterocycles. The third-order valence-electron chi connectivity index (χ3n) is 3.83. The number of carbonyl (C=O) groups excluding carboxylic acids is 2. The van der Waals surface area contributed by atoms with E-state index in [0.717, 1.165) is 16.8 Å². The molecule has 0 atom stereocenters. The van der Waals surface area contributed by atoms with Gasteiger partial charge in [-0.05, 0) is 49.2 Å². The van der Waals surface area contributed by atoms with E-state index in [4.69, 9.17) is 11.6 Å². The maximum Gasteiger partial charge on any atom is 0.243 e. The molecule has 3 N–H and O–H groups in total. The normalized spacial score (nSPS) is 10.2. The minimum Gasteiger partial charge on any atom is -0.376 e. The van der Waals surface area contributed by atoms with Gasteiger partial charge in [-0.15, -0.1) is 0 Å². The van der Waals surface area contributed by atoms with Gasteiger partial charge in [0.15, 0.2) is 0 Å². The van der Waals surface area contributed by atoms with Gasteiger partial charge >= 0.3 is 0 Å². The molecular formula is C19H22ClN3O2. The Morgan fingerprint density at radius 3 is 2.24 bits per heavy atom. The summed E-state index contributed by atoms with van der Waals surface area (Å²) in [5.74, 6) is -0.247. The summed E-state index contributed by atoms with van der Waals surface area (Å²) in [7, 11) is 0. The highest BCUT2D eigenvalue weighted by molar-refractivity contribution is 6.31. The summed E-state index contributed by atoms with van der Waals surface area (Å²) in [6, 6.07) is 11.0. The van der Waals surface area contributed by atoms with Gasteiger partial charge in [-0.3, -0.25) is 9.59 Å². The molecule has 0 radical (unpaired) electrons. The number of hydrogen-bond donors (Lipinski definition) is 3. The van der Waals surface area contributed by atoms with Crippen LogP contribution in [0.5, 0.6) is 0 Å². The highest BCUT2D eigenvalue weighted by Crippen LogP contribution is 2.24. The molecule has 2 rings (SSSR count). The van der Waals surface area contributed by atoms with Crippen LogP contribution in [0.2, 0.25) is 5.02 Å². The minimum atomic E-state index is -0.182.